The topological polar surface area (TPSA) is 94.9 Å². The number of hydrogen-bond donors (Lipinski definition) is 3. The lowest BCUT2D eigenvalue weighted by atomic mass is 9.92. The average Bonchev–Trinajstić information content (AvgIpc) is 2.28. The first-order valence-corrected chi connectivity index (χ1v) is 5.96. The molecule has 6 nitrogen and oxygen atoms in total. The van der Waals surface area contributed by atoms with Crippen molar-refractivity contribution in [2.45, 2.75) is 25.3 Å². The van der Waals surface area contributed by atoms with Crippen molar-refractivity contribution in [2.24, 2.45) is 5.92 Å². The van der Waals surface area contributed by atoms with Gasteiger partial charge in [0.25, 0.3) is 0 Å². The van der Waals surface area contributed by atoms with Crippen molar-refractivity contribution >= 4 is 30.5 Å². The first-order valence-electron chi connectivity index (χ1n) is 5.33. The van der Waals surface area contributed by atoms with Crippen molar-refractivity contribution in [3.63, 3.8) is 0 Å². The number of carboxylic acid groups (broad SMARTS) is 2. The van der Waals surface area contributed by atoms with Crippen LogP contribution in [0.15, 0.2) is 0 Å². The van der Waals surface area contributed by atoms with E-state index < -0.39 is 23.9 Å². The van der Waals surface area contributed by atoms with Crippen molar-refractivity contribution in [1.82, 2.24) is 4.90 Å². The van der Waals surface area contributed by atoms with Gasteiger partial charge in [-0.15, -0.1) is 0 Å². The van der Waals surface area contributed by atoms with E-state index in [4.69, 9.17) is 10.2 Å². The van der Waals surface area contributed by atoms with Crippen LogP contribution in [0.25, 0.3) is 0 Å². The molecule has 0 radical (unpaired) electrons. The van der Waals surface area contributed by atoms with Crippen molar-refractivity contribution in [3.8, 4) is 0 Å². The Morgan fingerprint density at radius 1 is 1.18 bits per heavy atom. The molecule has 0 aromatic heterocycles. The summed E-state index contributed by atoms with van der Waals surface area (Å²) in [4.78, 5) is 34.7. The molecule has 1 heterocycles. The van der Waals surface area contributed by atoms with Crippen LogP contribution in [0.3, 0.4) is 0 Å². The third-order valence-corrected chi connectivity index (χ3v) is 3.09. The number of carbonyl (C=O) groups is 3. The number of rotatable bonds is 4. The van der Waals surface area contributed by atoms with Crippen LogP contribution in [-0.2, 0) is 14.4 Å². The molecule has 1 rings (SSSR count). The van der Waals surface area contributed by atoms with Gasteiger partial charge in [0.2, 0.25) is 5.91 Å². The molecule has 0 aromatic rings. The second-order valence-corrected chi connectivity index (χ2v) is 4.43. The third kappa shape index (κ3) is 3.36. The second kappa shape index (κ2) is 5.90. The molecule has 96 valence electrons. The predicted octanol–water partition coefficient (Wildman–Crippen LogP) is 0.0827. The highest BCUT2D eigenvalue weighted by atomic mass is 32.1. The Balaban J connectivity index is 2.79. The molecule has 1 amide bonds. The normalized spacial score (nSPS) is 24.4. The van der Waals surface area contributed by atoms with Crippen LogP contribution in [0.1, 0.15) is 19.3 Å². The van der Waals surface area contributed by atoms with Crippen molar-refractivity contribution in [1.29, 1.82) is 0 Å². The van der Waals surface area contributed by atoms with Crippen molar-refractivity contribution in [2.75, 3.05) is 12.3 Å². The van der Waals surface area contributed by atoms with E-state index in [1.54, 1.807) is 0 Å². The van der Waals surface area contributed by atoms with Gasteiger partial charge in [-0.05, 0) is 18.6 Å². The Morgan fingerprint density at radius 3 is 2.29 bits per heavy atom. The third-order valence-electron chi connectivity index (χ3n) is 2.86. The van der Waals surface area contributed by atoms with Gasteiger partial charge in [0.15, 0.2) is 0 Å². The largest absolute Gasteiger partial charge is 0.481 e. The quantitative estimate of drug-likeness (QED) is 0.623. The van der Waals surface area contributed by atoms with Crippen molar-refractivity contribution in [3.05, 3.63) is 0 Å². The second-order valence-electron chi connectivity index (χ2n) is 3.99. The molecule has 7 heteroatoms. The van der Waals surface area contributed by atoms with Crippen LogP contribution in [-0.4, -0.2) is 51.3 Å². The van der Waals surface area contributed by atoms with Crippen LogP contribution in [0.5, 0.6) is 0 Å². The van der Waals surface area contributed by atoms with Crippen LogP contribution >= 0.6 is 12.6 Å². The summed E-state index contributed by atoms with van der Waals surface area (Å²) in [6.45, 7) is -0.0289. The molecular formula is C10H15NO5S. The lowest BCUT2D eigenvalue weighted by Gasteiger charge is -2.35. The number of piperidine rings is 1. The Morgan fingerprint density at radius 2 is 1.82 bits per heavy atom. The minimum atomic E-state index is -1.08. The molecule has 0 spiro atoms. The van der Waals surface area contributed by atoms with Crippen LogP contribution in [0.4, 0.5) is 0 Å². The molecule has 17 heavy (non-hydrogen) atoms. The zero-order chi connectivity index (χ0) is 13.0. The molecule has 1 aliphatic rings. The first-order chi connectivity index (χ1) is 7.97. The van der Waals surface area contributed by atoms with Gasteiger partial charge >= 0.3 is 11.9 Å². The van der Waals surface area contributed by atoms with Gasteiger partial charge in [-0.25, -0.2) is 4.79 Å². The number of aliphatic carboxylic acids is 2. The molecule has 2 N–H and O–H groups in total. The number of carboxylic acids is 2. The first kappa shape index (κ1) is 13.8. The van der Waals surface area contributed by atoms with Gasteiger partial charge in [0.05, 0.1) is 5.92 Å². The van der Waals surface area contributed by atoms with Gasteiger partial charge in [-0.1, -0.05) is 0 Å². The molecule has 0 saturated carbocycles. The minimum Gasteiger partial charge on any atom is -0.481 e. The molecule has 0 unspecified atom stereocenters. The summed E-state index contributed by atoms with van der Waals surface area (Å²) in [5.41, 5.74) is 0. The van der Waals surface area contributed by atoms with E-state index in [1.165, 1.54) is 0 Å². The summed E-state index contributed by atoms with van der Waals surface area (Å²) >= 11 is 3.91. The number of nitrogens with zero attached hydrogens (tertiary/aromatic N) is 1. The molecule has 0 aliphatic carbocycles. The van der Waals surface area contributed by atoms with Crippen LogP contribution in [0.2, 0.25) is 0 Å². The zero-order valence-corrected chi connectivity index (χ0v) is 10.1. The van der Waals surface area contributed by atoms with Gasteiger partial charge in [0.1, 0.15) is 6.04 Å². The minimum absolute atomic E-state index is 0.0289. The SMILES string of the molecule is O=C(O)[C@H]1CC[C@@H](C(=O)O)N(C(=O)CCS)C1. The zero-order valence-electron chi connectivity index (χ0n) is 9.20. The van der Waals surface area contributed by atoms with Crippen LogP contribution in [0, 0.1) is 5.92 Å². The number of carbonyl (C=O) groups excluding carboxylic acids is 1. The number of hydrogen-bond acceptors (Lipinski definition) is 4. The van der Waals surface area contributed by atoms with E-state index in [9.17, 15) is 14.4 Å². The van der Waals surface area contributed by atoms with E-state index in [0.29, 0.717) is 5.75 Å². The fourth-order valence-electron chi connectivity index (χ4n) is 1.94. The monoisotopic (exact) mass is 261 g/mol. The molecule has 1 fully saturated rings. The lowest BCUT2D eigenvalue weighted by molar-refractivity contribution is -0.157. The molecule has 1 saturated heterocycles. The number of likely N-dealkylation sites (tertiary alicyclic amines) is 1. The highest BCUT2D eigenvalue weighted by Crippen LogP contribution is 2.23. The average molecular weight is 261 g/mol. The van der Waals surface area contributed by atoms with E-state index in [0.717, 1.165) is 4.90 Å². The summed E-state index contributed by atoms with van der Waals surface area (Å²) in [5, 5.41) is 17.9. The van der Waals surface area contributed by atoms with Gasteiger partial charge < -0.3 is 15.1 Å². The van der Waals surface area contributed by atoms with Gasteiger partial charge in [-0.3, -0.25) is 9.59 Å². The van der Waals surface area contributed by atoms with E-state index in [1.807, 2.05) is 0 Å². The molecular weight excluding hydrogens is 246 g/mol. The molecule has 2 atom stereocenters. The Labute approximate surface area is 104 Å². The Bertz CT molecular complexity index is 333. The van der Waals surface area contributed by atoms with E-state index >= 15 is 0 Å². The summed E-state index contributed by atoms with van der Waals surface area (Å²) in [6, 6.07) is -0.905. The van der Waals surface area contributed by atoms with Crippen LogP contribution < -0.4 is 0 Å². The predicted molar refractivity (Wildman–Crippen MR) is 62.0 cm³/mol. The van der Waals surface area contributed by atoms with Gasteiger partial charge in [0, 0.05) is 13.0 Å². The number of amides is 1. The Hall–Kier alpha value is -1.24. The number of thiol groups is 1. The van der Waals surface area contributed by atoms with Crippen molar-refractivity contribution < 1.29 is 24.6 Å². The van der Waals surface area contributed by atoms with E-state index in [2.05, 4.69) is 12.6 Å². The maximum atomic E-state index is 11.7. The summed E-state index contributed by atoms with van der Waals surface area (Å²) < 4.78 is 0. The molecule has 1 aliphatic heterocycles. The fourth-order valence-corrected chi connectivity index (χ4v) is 2.14. The standard InChI is InChI=1S/C10H15NO5S/c12-8(3-4-17)11-5-6(9(13)14)1-2-7(11)10(15)16/h6-7,17H,1-5H2,(H,13,14)(H,15,16)/t6-,7-/m0/s1. The Kier molecular flexibility index (Phi) is 4.80. The molecule has 0 aromatic carbocycles. The lowest BCUT2D eigenvalue weighted by Crippen LogP contribution is -2.52. The maximum Gasteiger partial charge on any atom is 0.326 e. The maximum absolute atomic E-state index is 11.7. The summed E-state index contributed by atoms with van der Waals surface area (Å²) in [7, 11) is 0. The smallest absolute Gasteiger partial charge is 0.326 e. The fraction of sp³-hybridized carbons (Fsp3) is 0.700. The highest BCUT2D eigenvalue weighted by molar-refractivity contribution is 7.80. The highest BCUT2D eigenvalue weighted by Gasteiger charge is 2.37. The van der Waals surface area contributed by atoms with E-state index in [-0.39, 0.29) is 31.7 Å². The summed E-state index contributed by atoms with van der Waals surface area (Å²) in [5.74, 6) is -2.77. The summed E-state index contributed by atoms with van der Waals surface area (Å²) in [6.07, 6.45) is 0.598. The van der Waals surface area contributed by atoms with Gasteiger partial charge in [-0.2, -0.15) is 12.6 Å². The molecule has 0 bridgehead atoms.